The van der Waals surface area contributed by atoms with Crippen molar-refractivity contribution in [2.45, 2.75) is 24.9 Å². The summed E-state index contributed by atoms with van der Waals surface area (Å²) in [5.41, 5.74) is 3.58. The van der Waals surface area contributed by atoms with Crippen molar-refractivity contribution >= 4 is 17.0 Å². The second-order valence-corrected chi connectivity index (χ2v) is 5.09. The third kappa shape index (κ3) is 1.23. The lowest BCUT2D eigenvalue weighted by molar-refractivity contribution is 0.00381. The number of H-pyrrole nitrogens is 1. The Morgan fingerprint density at radius 3 is 3.00 bits per heavy atom. The van der Waals surface area contributed by atoms with Crippen LogP contribution < -0.4 is 0 Å². The van der Waals surface area contributed by atoms with Crippen molar-refractivity contribution in [1.29, 1.82) is 0 Å². The summed E-state index contributed by atoms with van der Waals surface area (Å²) < 4.78 is 6.00. The number of hydrogen-bond donors (Lipinski definition) is 1. The van der Waals surface area contributed by atoms with Crippen LogP contribution in [0.2, 0.25) is 0 Å². The summed E-state index contributed by atoms with van der Waals surface area (Å²) in [6.07, 6.45) is 11.5. The Hall–Kier alpha value is -1.96. The van der Waals surface area contributed by atoms with E-state index in [1.807, 2.05) is 6.26 Å². The molecule has 1 N–H and O–H groups in total. The molecule has 0 amide bonds. The third-order valence-electron chi connectivity index (χ3n) is 4.06. The summed E-state index contributed by atoms with van der Waals surface area (Å²) in [6, 6.07) is 8.47. The first-order valence-corrected chi connectivity index (χ1v) is 6.50. The molecule has 1 atom stereocenters. The van der Waals surface area contributed by atoms with Gasteiger partial charge in [0.05, 0.1) is 12.0 Å². The minimum absolute atomic E-state index is 0.169. The molecule has 90 valence electrons. The van der Waals surface area contributed by atoms with Crippen LogP contribution in [0.5, 0.6) is 0 Å². The SMILES string of the molecule is C1=CCC2(CC1)OC=Cc1c2[nH]c2ccccc12. The van der Waals surface area contributed by atoms with Gasteiger partial charge in [0.2, 0.25) is 0 Å². The van der Waals surface area contributed by atoms with Gasteiger partial charge in [0.15, 0.2) is 5.60 Å². The molecule has 1 spiro atoms. The van der Waals surface area contributed by atoms with Crippen molar-refractivity contribution in [3.8, 4) is 0 Å². The van der Waals surface area contributed by atoms with Crippen molar-refractivity contribution in [2.75, 3.05) is 0 Å². The first-order chi connectivity index (χ1) is 8.89. The maximum atomic E-state index is 6.00. The standard InChI is InChI=1S/C16H15NO/c1-4-9-16(10-5-1)15-13(8-11-18-16)12-6-2-3-7-14(12)17-15/h1-4,6-8,11,17H,5,9-10H2. The van der Waals surface area contributed by atoms with Gasteiger partial charge in [-0.15, -0.1) is 0 Å². The van der Waals surface area contributed by atoms with Crippen LogP contribution in [0.15, 0.2) is 42.7 Å². The molecule has 2 heteroatoms. The summed E-state index contributed by atoms with van der Waals surface area (Å²) >= 11 is 0. The molecular weight excluding hydrogens is 222 g/mol. The van der Waals surface area contributed by atoms with Gasteiger partial charge >= 0.3 is 0 Å². The number of ether oxygens (including phenoxy) is 1. The lowest BCUT2D eigenvalue weighted by atomic mass is 9.83. The third-order valence-corrected chi connectivity index (χ3v) is 4.06. The van der Waals surface area contributed by atoms with Crippen molar-refractivity contribution in [3.63, 3.8) is 0 Å². The molecule has 18 heavy (non-hydrogen) atoms. The van der Waals surface area contributed by atoms with Crippen molar-refractivity contribution in [1.82, 2.24) is 4.98 Å². The van der Waals surface area contributed by atoms with Gasteiger partial charge < -0.3 is 9.72 Å². The van der Waals surface area contributed by atoms with Gasteiger partial charge in [-0.05, 0) is 25.0 Å². The summed E-state index contributed by atoms with van der Waals surface area (Å²) in [7, 11) is 0. The maximum Gasteiger partial charge on any atom is 0.152 e. The molecule has 0 saturated carbocycles. The zero-order chi connectivity index (χ0) is 12.0. The molecule has 1 aliphatic carbocycles. The molecule has 2 aromatic rings. The van der Waals surface area contributed by atoms with Gasteiger partial charge in [-0.1, -0.05) is 30.4 Å². The number of aromatic amines is 1. The largest absolute Gasteiger partial charge is 0.488 e. The Kier molecular flexibility index (Phi) is 1.95. The molecular formula is C16H15NO. The molecule has 1 aromatic heterocycles. The molecule has 1 unspecified atom stereocenters. The fourth-order valence-electron chi connectivity index (χ4n) is 3.13. The molecule has 0 fully saturated rings. The average molecular weight is 237 g/mol. The number of nitrogens with one attached hydrogen (secondary N) is 1. The number of benzene rings is 1. The lowest BCUT2D eigenvalue weighted by Gasteiger charge is -2.36. The molecule has 2 aliphatic rings. The summed E-state index contributed by atoms with van der Waals surface area (Å²) in [6.45, 7) is 0. The number of allylic oxidation sites excluding steroid dienone is 1. The Labute approximate surface area is 106 Å². The fourth-order valence-corrected chi connectivity index (χ4v) is 3.13. The lowest BCUT2D eigenvalue weighted by Crippen LogP contribution is -2.31. The molecule has 0 bridgehead atoms. The molecule has 4 rings (SSSR count). The van der Waals surface area contributed by atoms with E-state index < -0.39 is 0 Å². The van der Waals surface area contributed by atoms with E-state index >= 15 is 0 Å². The van der Waals surface area contributed by atoms with Gasteiger partial charge in [0.25, 0.3) is 0 Å². The minimum Gasteiger partial charge on any atom is -0.488 e. The number of rotatable bonds is 0. The predicted molar refractivity (Wildman–Crippen MR) is 73.1 cm³/mol. The van der Waals surface area contributed by atoms with Crippen LogP contribution in [0, 0.1) is 0 Å². The highest BCUT2D eigenvalue weighted by Gasteiger charge is 2.38. The topological polar surface area (TPSA) is 25.0 Å². The molecule has 2 heterocycles. The first kappa shape index (κ1) is 10.0. The highest BCUT2D eigenvalue weighted by atomic mass is 16.5. The minimum atomic E-state index is -0.169. The summed E-state index contributed by atoms with van der Waals surface area (Å²) in [5, 5.41) is 1.29. The average Bonchev–Trinajstić information content (AvgIpc) is 2.81. The van der Waals surface area contributed by atoms with E-state index in [9.17, 15) is 0 Å². The van der Waals surface area contributed by atoms with Crippen LogP contribution in [0.1, 0.15) is 30.5 Å². The molecule has 0 radical (unpaired) electrons. The predicted octanol–water partition coefficient (Wildman–Crippen LogP) is 4.10. The maximum absolute atomic E-state index is 6.00. The monoisotopic (exact) mass is 237 g/mol. The Morgan fingerprint density at radius 1 is 1.17 bits per heavy atom. The van der Waals surface area contributed by atoms with Crippen LogP contribution in [-0.2, 0) is 10.3 Å². The normalized spacial score (nSPS) is 25.3. The quantitative estimate of drug-likeness (QED) is 0.685. The first-order valence-electron chi connectivity index (χ1n) is 6.50. The van der Waals surface area contributed by atoms with E-state index in [-0.39, 0.29) is 5.60 Å². The highest BCUT2D eigenvalue weighted by Crippen LogP contribution is 2.44. The second kappa shape index (κ2) is 3.52. The van der Waals surface area contributed by atoms with Gasteiger partial charge in [-0.3, -0.25) is 0 Å². The summed E-state index contributed by atoms with van der Waals surface area (Å²) in [4.78, 5) is 3.57. The van der Waals surface area contributed by atoms with Crippen molar-refractivity contribution in [2.24, 2.45) is 0 Å². The number of para-hydroxylation sites is 1. The van der Waals surface area contributed by atoms with Gasteiger partial charge in [0.1, 0.15) is 0 Å². The van der Waals surface area contributed by atoms with E-state index in [0.29, 0.717) is 0 Å². The van der Waals surface area contributed by atoms with Crippen molar-refractivity contribution in [3.05, 3.63) is 53.9 Å². The number of aromatic nitrogens is 1. The summed E-state index contributed by atoms with van der Waals surface area (Å²) in [5.74, 6) is 0. The molecule has 0 saturated heterocycles. The Morgan fingerprint density at radius 2 is 2.11 bits per heavy atom. The molecule has 1 aliphatic heterocycles. The smallest absolute Gasteiger partial charge is 0.152 e. The van der Waals surface area contributed by atoms with Crippen LogP contribution >= 0.6 is 0 Å². The number of hydrogen-bond acceptors (Lipinski definition) is 1. The van der Waals surface area contributed by atoms with E-state index in [1.54, 1.807) is 0 Å². The Bertz CT molecular complexity index is 665. The highest BCUT2D eigenvalue weighted by molar-refractivity contribution is 5.91. The van der Waals surface area contributed by atoms with Crippen LogP contribution in [0.3, 0.4) is 0 Å². The van der Waals surface area contributed by atoms with E-state index in [0.717, 1.165) is 19.3 Å². The van der Waals surface area contributed by atoms with E-state index in [2.05, 4.69) is 47.5 Å². The van der Waals surface area contributed by atoms with Crippen LogP contribution in [-0.4, -0.2) is 4.98 Å². The van der Waals surface area contributed by atoms with Gasteiger partial charge in [-0.2, -0.15) is 0 Å². The zero-order valence-corrected chi connectivity index (χ0v) is 10.1. The molecule has 2 nitrogen and oxygen atoms in total. The van der Waals surface area contributed by atoms with Crippen molar-refractivity contribution < 1.29 is 4.74 Å². The zero-order valence-electron chi connectivity index (χ0n) is 10.1. The van der Waals surface area contributed by atoms with Crippen LogP contribution in [0.4, 0.5) is 0 Å². The second-order valence-electron chi connectivity index (χ2n) is 5.09. The number of fused-ring (bicyclic) bond motifs is 4. The van der Waals surface area contributed by atoms with E-state index in [4.69, 9.17) is 4.74 Å². The van der Waals surface area contributed by atoms with E-state index in [1.165, 1.54) is 22.2 Å². The van der Waals surface area contributed by atoms with Crippen LogP contribution in [0.25, 0.3) is 17.0 Å². The van der Waals surface area contributed by atoms with Gasteiger partial charge in [-0.25, -0.2) is 0 Å². The van der Waals surface area contributed by atoms with Gasteiger partial charge in [0, 0.05) is 22.9 Å². The Balaban J connectivity index is 1.99. The fraction of sp³-hybridized carbons (Fsp3) is 0.250. The molecule has 1 aromatic carbocycles.